The molecule has 0 radical (unpaired) electrons. The van der Waals surface area contributed by atoms with Gasteiger partial charge in [0.1, 0.15) is 0 Å². The summed E-state index contributed by atoms with van der Waals surface area (Å²) in [7, 11) is -3.06. The van der Waals surface area contributed by atoms with Crippen LogP contribution in [0.4, 0.5) is 0 Å². The van der Waals surface area contributed by atoms with E-state index in [0.717, 1.165) is 0 Å². The molecule has 89 heavy (non-hydrogen) atoms. The van der Waals surface area contributed by atoms with E-state index in [1.54, 1.807) is 20.7 Å². The molecule has 0 fully saturated rings. The molecule has 0 saturated heterocycles. The second kappa shape index (κ2) is 25.6. The van der Waals surface area contributed by atoms with Crippen molar-refractivity contribution in [2.75, 3.05) is 0 Å². The molecule has 0 saturated carbocycles. The van der Waals surface area contributed by atoms with Gasteiger partial charge in [-0.05, 0) is 89.8 Å². The Morgan fingerprint density at radius 1 is 0.281 bits per heavy atom. The summed E-state index contributed by atoms with van der Waals surface area (Å²) in [5, 5.41) is 6.41. The van der Waals surface area contributed by atoms with Crippen molar-refractivity contribution in [3.63, 3.8) is 0 Å². The van der Waals surface area contributed by atoms with Crippen LogP contribution in [0.2, 0.25) is 13.1 Å². The van der Waals surface area contributed by atoms with Gasteiger partial charge in [-0.15, -0.1) is 91.6 Å². The second-order valence-electron chi connectivity index (χ2n) is 30.3. The predicted molar refractivity (Wildman–Crippen MR) is 392 cm³/mol. The minimum Gasteiger partial charge on any atom is -0.168 e. The minimum absolute atomic E-state index is 0. The van der Waals surface area contributed by atoms with Gasteiger partial charge in [-0.3, -0.25) is 0 Å². The smallest absolute Gasteiger partial charge is 0.168 e. The van der Waals surface area contributed by atoms with Gasteiger partial charge in [0.15, 0.2) is 0 Å². The molecule has 4 atom stereocenters. The summed E-state index contributed by atoms with van der Waals surface area (Å²) in [4.78, 5) is 0. The normalized spacial score (nSPS) is 18.4. The zero-order valence-corrected chi connectivity index (χ0v) is 62.7. The van der Waals surface area contributed by atoms with Crippen molar-refractivity contribution < 1.29 is 25.8 Å². The average molecular weight is 1360 g/mol. The van der Waals surface area contributed by atoms with Crippen molar-refractivity contribution in [1.29, 1.82) is 0 Å². The largest absolute Gasteiger partial charge is 4.00 e. The van der Waals surface area contributed by atoms with Gasteiger partial charge in [0.25, 0.3) is 0 Å². The van der Waals surface area contributed by atoms with Crippen molar-refractivity contribution >= 4 is 62.6 Å². The van der Waals surface area contributed by atoms with Crippen LogP contribution < -0.4 is 20.7 Å². The first-order valence-corrected chi connectivity index (χ1v) is 37.3. The third-order valence-corrected chi connectivity index (χ3v) is 26.4. The van der Waals surface area contributed by atoms with E-state index >= 15 is 0 Å². The molecule has 0 aliphatic heterocycles. The molecule has 0 bridgehead atoms. The zero-order chi connectivity index (χ0) is 62.8. The molecule has 12 rings (SSSR count). The monoisotopic (exact) mass is 1360 g/mol. The maximum atomic E-state index is 2.56. The Labute approximate surface area is 558 Å². The zero-order valence-electron chi connectivity index (χ0n) is 56.7. The van der Waals surface area contributed by atoms with Crippen LogP contribution >= 0.6 is 0 Å². The Hall–Kier alpha value is -6.50. The predicted octanol–water partition coefficient (Wildman–Crippen LogP) is 19.5. The number of allylic oxidation sites excluding steroid dienone is 12. The molecule has 4 aliphatic carbocycles. The third kappa shape index (κ3) is 13.2. The summed E-state index contributed by atoms with van der Waals surface area (Å²) < 4.78 is 0. The van der Waals surface area contributed by atoms with Crippen molar-refractivity contribution in [3.8, 4) is 0 Å². The Bertz CT molecular complexity index is 3560. The van der Waals surface area contributed by atoms with Gasteiger partial charge in [-0.25, -0.2) is 0 Å². The van der Waals surface area contributed by atoms with Gasteiger partial charge in [0.2, 0.25) is 0 Å². The number of rotatable bonds is 8. The fourth-order valence-electron chi connectivity index (χ4n) is 15.0. The van der Waals surface area contributed by atoms with Gasteiger partial charge in [0.05, 0.1) is 0 Å². The van der Waals surface area contributed by atoms with E-state index in [1.807, 2.05) is 0 Å². The molecule has 4 unspecified atom stereocenters. The summed E-state index contributed by atoms with van der Waals surface area (Å²) >= 11 is 0. The summed E-state index contributed by atoms with van der Waals surface area (Å²) in [5.41, 5.74) is 29.1. The van der Waals surface area contributed by atoms with Gasteiger partial charge >= 0.3 is 25.8 Å². The van der Waals surface area contributed by atoms with E-state index in [2.05, 4.69) is 342 Å². The van der Waals surface area contributed by atoms with Crippen molar-refractivity contribution in [3.05, 3.63) is 306 Å². The molecule has 8 aromatic rings. The first kappa shape index (κ1) is 65.5. The van der Waals surface area contributed by atoms with Crippen LogP contribution in [-0.2, 0) is 47.5 Å². The average Bonchev–Trinajstić information content (AvgIpc) is 1.68. The Kier molecular flexibility index (Phi) is 18.9. The molecular formula is C86H96HfSi2. The quantitative estimate of drug-likeness (QED) is 0.105. The maximum absolute atomic E-state index is 2.56. The summed E-state index contributed by atoms with van der Waals surface area (Å²) in [5.74, 6) is 1.07. The number of hydrogen-bond donors (Lipinski definition) is 0. The van der Waals surface area contributed by atoms with Gasteiger partial charge in [0, 0.05) is 17.6 Å². The molecule has 0 heterocycles. The Balaban J connectivity index is 0.000000194. The van der Waals surface area contributed by atoms with Crippen molar-refractivity contribution in [1.82, 2.24) is 0 Å². The molecule has 3 heteroatoms. The van der Waals surface area contributed by atoms with Crippen LogP contribution in [0, 0.1) is 27.7 Å². The molecule has 8 aromatic carbocycles. The van der Waals surface area contributed by atoms with Crippen molar-refractivity contribution in [2.24, 2.45) is 0 Å². The van der Waals surface area contributed by atoms with Crippen LogP contribution in [0.1, 0.15) is 218 Å². The van der Waals surface area contributed by atoms with Crippen LogP contribution in [0.5, 0.6) is 0 Å². The molecule has 4 aliphatic rings. The SMILES string of the molecule is Cc1cc2c([c-]1[SiH](C)[c-]1c(C)cc3c1C=CC=CC3c1ccc(C(C)(C)C)cc1)C=CC=CC2c1ccc(C(C)(C)C)cc1.Cc1cc2c([c-]1[SiH](C)[c-]1c(C)cc3c1C=CC=CC3c1ccc(C(C)(C)C)cc1)C=CC=CC2c1ccc(C(C)(C)C)cc1.[Hf+4]. The summed E-state index contributed by atoms with van der Waals surface area (Å²) in [6.07, 6.45) is 37.1. The molecule has 0 amide bonds. The number of hydrogen-bond acceptors (Lipinski definition) is 0. The number of benzene rings is 4. The molecule has 0 nitrogen and oxygen atoms in total. The van der Waals surface area contributed by atoms with E-state index in [4.69, 9.17) is 0 Å². The van der Waals surface area contributed by atoms with Crippen LogP contribution in [-0.4, -0.2) is 17.6 Å². The topological polar surface area (TPSA) is 0 Å². The molecule has 0 spiro atoms. The number of aryl methyl sites for hydroxylation is 4. The first-order chi connectivity index (χ1) is 41.7. The van der Waals surface area contributed by atoms with E-state index < -0.39 is 17.6 Å². The number of fused-ring (bicyclic) bond motifs is 4. The molecular weight excluding hydrogens is 1270 g/mol. The van der Waals surface area contributed by atoms with E-state index in [1.165, 1.54) is 111 Å². The fourth-order valence-corrected chi connectivity index (χ4v) is 21.6. The van der Waals surface area contributed by atoms with Crippen LogP contribution in [0.25, 0.3) is 24.3 Å². The summed E-state index contributed by atoms with van der Waals surface area (Å²) in [6.45, 7) is 42.0. The van der Waals surface area contributed by atoms with E-state index in [0.29, 0.717) is 0 Å². The standard InChI is InChI=1S/2C43H48Si.Hf/c2*1-28-26-38-34(30-18-22-32(23-19-30)42(3,4)5)14-10-12-16-36(38)40(28)44(9)41-29(2)27-39-35(15-11-13-17-37(39)41)31-20-24-33(25-21-31)43(6,7)8;/h2*10-27,34-35,44H,1-9H3;/q2*-2;+4. The molecule has 452 valence electrons. The fraction of sp³-hybridized carbons (Fsp3) is 0.302. The van der Waals surface area contributed by atoms with Gasteiger partial charge in [-0.1, -0.05) is 270 Å². The van der Waals surface area contributed by atoms with Gasteiger partial charge in [-0.2, -0.15) is 68.8 Å². The molecule has 0 N–H and O–H groups in total. The molecule has 0 aromatic heterocycles. The van der Waals surface area contributed by atoms with Gasteiger partial charge < -0.3 is 0 Å². The maximum Gasteiger partial charge on any atom is 4.00 e. The van der Waals surface area contributed by atoms with Crippen LogP contribution in [0.15, 0.2) is 194 Å². The second-order valence-corrected chi connectivity index (χ2v) is 35.5. The first-order valence-electron chi connectivity index (χ1n) is 32.7. The Morgan fingerprint density at radius 2 is 0.461 bits per heavy atom. The summed E-state index contributed by atoms with van der Waals surface area (Å²) in [6, 6.07) is 47.3. The van der Waals surface area contributed by atoms with E-state index in [9.17, 15) is 0 Å². The van der Waals surface area contributed by atoms with Crippen LogP contribution in [0.3, 0.4) is 0 Å². The Morgan fingerprint density at radius 3 is 0.629 bits per heavy atom. The van der Waals surface area contributed by atoms with E-state index in [-0.39, 0.29) is 71.2 Å². The minimum atomic E-state index is -1.53. The van der Waals surface area contributed by atoms with Crippen molar-refractivity contribution in [2.45, 2.75) is 169 Å². The third-order valence-electron chi connectivity index (χ3n) is 19.9.